The molecule has 2 aliphatic rings. The third-order valence-electron chi connectivity index (χ3n) is 4.98. The van der Waals surface area contributed by atoms with E-state index in [1.165, 1.54) is 12.5 Å². The first-order chi connectivity index (χ1) is 10.9. The maximum atomic E-state index is 12.9. The van der Waals surface area contributed by atoms with Gasteiger partial charge >= 0.3 is 0 Å². The van der Waals surface area contributed by atoms with Crippen molar-refractivity contribution in [2.45, 2.75) is 56.8 Å². The highest BCUT2D eigenvalue weighted by Crippen LogP contribution is 2.49. The third kappa shape index (κ3) is 2.76. The number of likely N-dealkylation sites (tertiary alicyclic amines) is 1. The van der Waals surface area contributed by atoms with E-state index in [2.05, 4.69) is 5.32 Å². The van der Waals surface area contributed by atoms with E-state index in [9.17, 15) is 9.59 Å². The maximum absolute atomic E-state index is 12.9. The molecule has 126 valence electrons. The van der Waals surface area contributed by atoms with Crippen LogP contribution in [0.4, 0.5) is 0 Å². The topological polar surface area (TPSA) is 71.8 Å². The molecule has 3 heterocycles. The Kier molecular flexibility index (Phi) is 3.96. The second-order valence-electron chi connectivity index (χ2n) is 7.10. The highest BCUT2D eigenvalue weighted by Gasteiger charge is 2.58. The van der Waals surface area contributed by atoms with Crippen LogP contribution in [0.15, 0.2) is 23.0 Å². The van der Waals surface area contributed by atoms with Crippen LogP contribution >= 0.6 is 0 Å². The number of hydrogen-bond acceptors (Lipinski definition) is 4. The van der Waals surface area contributed by atoms with Crippen molar-refractivity contribution >= 4 is 11.8 Å². The van der Waals surface area contributed by atoms with Crippen LogP contribution in [0, 0.1) is 0 Å². The number of amides is 2. The number of rotatable bonds is 3. The van der Waals surface area contributed by atoms with Crippen LogP contribution < -0.4 is 5.32 Å². The van der Waals surface area contributed by atoms with Gasteiger partial charge in [0.2, 0.25) is 5.91 Å². The molecular weight excluding hydrogens is 296 g/mol. The Morgan fingerprint density at radius 2 is 2.22 bits per heavy atom. The zero-order valence-corrected chi connectivity index (χ0v) is 13.9. The van der Waals surface area contributed by atoms with Crippen molar-refractivity contribution in [3.8, 4) is 0 Å². The van der Waals surface area contributed by atoms with Crippen molar-refractivity contribution < 1.29 is 18.7 Å². The average molecular weight is 320 g/mol. The number of nitrogens with one attached hydrogen (secondary N) is 1. The Bertz CT molecular complexity index is 596. The Morgan fingerprint density at radius 3 is 2.87 bits per heavy atom. The Balaban J connectivity index is 1.92. The summed E-state index contributed by atoms with van der Waals surface area (Å²) in [5.41, 5.74) is -0.211. The fourth-order valence-electron chi connectivity index (χ4n) is 4.15. The summed E-state index contributed by atoms with van der Waals surface area (Å²) in [5, 5.41) is 2.66. The van der Waals surface area contributed by atoms with Gasteiger partial charge in [-0.15, -0.1) is 0 Å². The molecule has 6 nitrogen and oxygen atoms in total. The molecule has 3 rings (SSSR count). The van der Waals surface area contributed by atoms with E-state index in [1.54, 1.807) is 13.1 Å². The monoisotopic (exact) mass is 320 g/mol. The first-order valence-corrected chi connectivity index (χ1v) is 8.10. The molecule has 1 spiro atoms. The lowest BCUT2D eigenvalue weighted by atomic mass is 9.82. The Morgan fingerprint density at radius 1 is 1.43 bits per heavy atom. The summed E-state index contributed by atoms with van der Waals surface area (Å²) in [7, 11) is 1.62. The summed E-state index contributed by atoms with van der Waals surface area (Å²) < 4.78 is 11.2. The highest BCUT2D eigenvalue weighted by atomic mass is 16.5. The van der Waals surface area contributed by atoms with E-state index in [-0.39, 0.29) is 29.9 Å². The van der Waals surface area contributed by atoms with Crippen LogP contribution in [0.5, 0.6) is 0 Å². The molecule has 2 aliphatic heterocycles. The van der Waals surface area contributed by atoms with E-state index < -0.39 is 5.54 Å². The van der Waals surface area contributed by atoms with Crippen molar-refractivity contribution in [3.63, 3.8) is 0 Å². The Hall–Kier alpha value is -1.82. The van der Waals surface area contributed by atoms with Crippen LogP contribution in [0.1, 0.15) is 49.9 Å². The maximum Gasteiger partial charge on any atom is 0.257 e. The molecule has 0 unspecified atom stereocenters. The summed E-state index contributed by atoms with van der Waals surface area (Å²) >= 11 is 0. The molecule has 1 aromatic heterocycles. The molecule has 6 heteroatoms. The van der Waals surface area contributed by atoms with Crippen molar-refractivity contribution in [2.24, 2.45) is 0 Å². The molecule has 1 N–H and O–H groups in total. The number of carbonyl (C=O) groups excluding carboxylic acids is 2. The van der Waals surface area contributed by atoms with Crippen LogP contribution in [-0.4, -0.2) is 47.6 Å². The minimum absolute atomic E-state index is 0.0422. The molecule has 0 saturated carbocycles. The lowest BCUT2D eigenvalue weighted by Gasteiger charge is -2.38. The van der Waals surface area contributed by atoms with Crippen molar-refractivity contribution in [1.82, 2.24) is 10.2 Å². The quantitative estimate of drug-likeness (QED) is 0.924. The van der Waals surface area contributed by atoms with Gasteiger partial charge in [0, 0.05) is 20.0 Å². The summed E-state index contributed by atoms with van der Waals surface area (Å²) in [4.78, 5) is 26.7. The average Bonchev–Trinajstić information content (AvgIpc) is 3.19. The van der Waals surface area contributed by atoms with E-state index in [4.69, 9.17) is 9.15 Å². The third-order valence-corrected chi connectivity index (χ3v) is 4.98. The van der Waals surface area contributed by atoms with Crippen molar-refractivity contribution in [3.05, 3.63) is 24.2 Å². The molecule has 0 aromatic carbocycles. The molecule has 2 fully saturated rings. The molecule has 2 saturated heterocycles. The van der Waals surface area contributed by atoms with Crippen LogP contribution in [0.3, 0.4) is 0 Å². The number of ether oxygens (including phenoxy) is 1. The minimum Gasteiger partial charge on any atom is -0.472 e. The summed E-state index contributed by atoms with van der Waals surface area (Å²) in [6.45, 7) is 4.74. The van der Waals surface area contributed by atoms with Crippen molar-refractivity contribution in [1.29, 1.82) is 0 Å². The highest BCUT2D eigenvalue weighted by molar-refractivity contribution is 5.94. The molecule has 23 heavy (non-hydrogen) atoms. The summed E-state index contributed by atoms with van der Waals surface area (Å²) in [6.07, 6.45) is 5.50. The van der Waals surface area contributed by atoms with Gasteiger partial charge in [-0.2, -0.15) is 0 Å². The van der Waals surface area contributed by atoms with Gasteiger partial charge in [-0.1, -0.05) is 0 Å². The van der Waals surface area contributed by atoms with Crippen molar-refractivity contribution in [2.75, 3.05) is 13.6 Å². The second-order valence-corrected chi connectivity index (χ2v) is 7.10. The van der Waals surface area contributed by atoms with E-state index in [0.29, 0.717) is 12.1 Å². The summed E-state index contributed by atoms with van der Waals surface area (Å²) in [6, 6.07) is 1.68. The lowest BCUT2D eigenvalue weighted by molar-refractivity contribution is -0.126. The lowest BCUT2D eigenvalue weighted by Crippen LogP contribution is -2.53. The number of carbonyl (C=O) groups is 2. The SMILES string of the molecule is CNC(=O)C[C@@H]1OC(C)(C)C[C@]12CCCN2C(=O)c1ccoc1. The number of furan rings is 1. The van der Waals surface area contributed by atoms with Gasteiger partial charge in [-0.25, -0.2) is 0 Å². The van der Waals surface area contributed by atoms with Gasteiger partial charge in [0.25, 0.3) is 5.91 Å². The van der Waals surface area contributed by atoms with Crippen LogP contribution in [-0.2, 0) is 9.53 Å². The van der Waals surface area contributed by atoms with Crippen LogP contribution in [0.25, 0.3) is 0 Å². The zero-order valence-electron chi connectivity index (χ0n) is 13.9. The fraction of sp³-hybridized carbons (Fsp3) is 0.647. The predicted octanol–water partition coefficient (Wildman–Crippen LogP) is 1.96. The minimum atomic E-state index is -0.412. The van der Waals surface area contributed by atoms with E-state index >= 15 is 0 Å². The molecule has 1 aromatic rings. The van der Waals surface area contributed by atoms with Gasteiger partial charge in [0.05, 0.1) is 35.5 Å². The number of hydrogen-bond donors (Lipinski definition) is 1. The normalized spacial score (nSPS) is 29.2. The van der Waals surface area contributed by atoms with E-state index in [0.717, 1.165) is 19.3 Å². The van der Waals surface area contributed by atoms with Gasteiger partial charge in [0.15, 0.2) is 0 Å². The van der Waals surface area contributed by atoms with Gasteiger partial charge < -0.3 is 19.4 Å². The molecule has 2 amide bonds. The Labute approximate surface area is 136 Å². The van der Waals surface area contributed by atoms with E-state index in [1.807, 2.05) is 18.7 Å². The predicted molar refractivity (Wildman–Crippen MR) is 84.0 cm³/mol. The van der Waals surface area contributed by atoms with Gasteiger partial charge in [-0.05, 0) is 32.8 Å². The molecule has 0 aliphatic carbocycles. The fourth-order valence-corrected chi connectivity index (χ4v) is 4.15. The largest absolute Gasteiger partial charge is 0.472 e. The van der Waals surface area contributed by atoms with Gasteiger partial charge in [0.1, 0.15) is 6.26 Å². The molecule has 0 radical (unpaired) electrons. The second kappa shape index (κ2) is 5.67. The zero-order chi connectivity index (χ0) is 16.7. The molecular formula is C17H24N2O4. The van der Waals surface area contributed by atoms with Crippen LogP contribution in [0.2, 0.25) is 0 Å². The number of nitrogens with zero attached hydrogens (tertiary/aromatic N) is 1. The first kappa shape index (κ1) is 16.1. The standard InChI is InChI=1S/C17H24N2O4/c1-16(2)11-17(13(23-16)9-14(20)18-3)6-4-7-19(17)15(21)12-5-8-22-10-12/h5,8,10,13H,4,6-7,9,11H2,1-3H3,(H,18,20)/t13-,17+/m0/s1. The first-order valence-electron chi connectivity index (χ1n) is 8.10. The van der Waals surface area contributed by atoms with Gasteiger partial charge in [-0.3, -0.25) is 9.59 Å². The molecule has 2 atom stereocenters. The summed E-state index contributed by atoms with van der Waals surface area (Å²) in [5.74, 6) is -0.103. The smallest absolute Gasteiger partial charge is 0.257 e. The molecule has 0 bridgehead atoms.